The zero-order valence-electron chi connectivity index (χ0n) is 17.5. The number of hydrogen-bond donors (Lipinski definition) is 0. The van der Waals surface area contributed by atoms with Crippen LogP contribution < -0.4 is 0 Å². The minimum absolute atomic E-state index is 0.515. The minimum Gasteiger partial charge on any atom is -0.379 e. The number of rotatable bonds is 5. The molecule has 0 amide bonds. The van der Waals surface area contributed by atoms with Crippen LogP contribution >= 0.6 is 0 Å². The summed E-state index contributed by atoms with van der Waals surface area (Å²) in [7, 11) is 0. The molecule has 3 aliphatic rings. The highest BCUT2D eigenvalue weighted by atomic mass is 16.5. The fourth-order valence-corrected chi connectivity index (χ4v) is 5.94. The molecular formula is C25H42O. The molecule has 0 aliphatic heterocycles. The van der Waals surface area contributed by atoms with Crippen molar-refractivity contribution in [2.45, 2.75) is 110 Å². The standard InChI is InChI=1S/C25H42O/c1-3-5-20-8-14-23(15-9-20)24-16-10-21(11-17-24)6-7-22-12-18-25(19-13-22)26-4-2/h20-25H,3-5,8-19H2,1-2H3. The second kappa shape index (κ2) is 10.8. The zero-order valence-corrected chi connectivity index (χ0v) is 17.5. The first-order chi connectivity index (χ1) is 12.8. The first-order valence-corrected chi connectivity index (χ1v) is 11.9. The summed E-state index contributed by atoms with van der Waals surface area (Å²) in [5, 5.41) is 0. The van der Waals surface area contributed by atoms with Crippen molar-refractivity contribution in [3.63, 3.8) is 0 Å². The summed E-state index contributed by atoms with van der Waals surface area (Å²) in [5.74, 6) is 11.8. The summed E-state index contributed by atoms with van der Waals surface area (Å²) in [6.45, 7) is 5.32. The molecular weight excluding hydrogens is 316 g/mol. The van der Waals surface area contributed by atoms with E-state index in [1.54, 1.807) is 0 Å². The van der Waals surface area contributed by atoms with Gasteiger partial charge in [0, 0.05) is 18.4 Å². The van der Waals surface area contributed by atoms with E-state index in [-0.39, 0.29) is 0 Å². The third-order valence-electron chi connectivity index (χ3n) is 7.59. The van der Waals surface area contributed by atoms with Gasteiger partial charge in [-0.05, 0) is 88.9 Å². The molecule has 0 spiro atoms. The Balaban J connectivity index is 1.35. The summed E-state index contributed by atoms with van der Waals surface area (Å²) in [5.41, 5.74) is 0. The molecule has 0 saturated heterocycles. The van der Waals surface area contributed by atoms with E-state index in [1.165, 1.54) is 89.9 Å². The van der Waals surface area contributed by atoms with Gasteiger partial charge in [0.2, 0.25) is 0 Å². The number of hydrogen-bond acceptors (Lipinski definition) is 1. The van der Waals surface area contributed by atoms with Gasteiger partial charge in [-0.15, -0.1) is 0 Å². The lowest BCUT2D eigenvalue weighted by Crippen LogP contribution is -2.25. The maximum absolute atomic E-state index is 5.77. The molecule has 0 aromatic carbocycles. The smallest absolute Gasteiger partial charge is 0.0575 e. The minimum atomic E-state index is 0.515. The molecule has 26 heavy (non-hydrogen) atoms. The molecule has 1 nitrogen and oxygen atoms in total. The van der Waals surface area contributed by atoms with Crippen LogP contribution in [-0.2, 0) is 4.74 Å². The Bertz CT molecular complexity index is 435. The van der Waals surface area contributed by atoms with Crippen molar-refractivity contribution in [1.82, 2.24) is 0 Å². The van der Waals surface area contributed by atoms with Crippen LogP contribution in [0.1, 0.15) is 104 Å². The Hall–Kier alpha value is -0.480. The van der Waals surface area contributed by atoms with Crippen LogP contribution in [0.4, 0.5) is 0 Å². The van der Waals surface area contributed by atoms with Gasteiger partial charge in [0.1, 0.15) is 0 Å². The van der Waals surface area contributed by atoms with Crippen molar-refractivity contribution in [2.75, 3.05) is 6.61 Å². The second-order valence-corrected chi connectivity index (χ2v) is 9.40. The van der Waals surface area contributed by atoms with Gasteiger partial charge < -0.3 is 4.74 Å². The maximum atomic E-state index is 5.77. The van der Waals surface area contributed by atoms with Crippen molar-refractivity contribution >= 4 is 0 Å². The van der Waals surface area contributed by atoms with Crippen molar-refractivity contribution in [1.29, 1.82) is 0 Å². The molecule has 3 saturated carbocycles. The third-order valence-corrected chi connectivity index (χ3v) is 7.59. The molecule has 3 fully saturated rings. The second-order valence-electron chi connectivity index (χ2n) is 9.40. The highest BCUT2D eigenvalue weighted by molar-refractivity contribution is 5.09. The first-order valence-electron chi connectivity index (χ1n) is 11.9. The van der Waals surface area contributed by atoms with E-state index in [0.29, 0.717) is 17.9 Å². The average molecular weight is 359 g/mol. The lowest BCUT2D eigenvalue weighted by Gasteiger charge is -2.37. The van der Waals surface area contributed by atoms with Gasteiger partial charge in [0.15, 0.2) is 0 Å². The zero-order chi connectivity index (χ0) is 18.2. The summed E-state index contributed by atoms with van der Waals surface area (Å²) < 4.78 is 5.77. The molecule has 0 atom stereocenters. The Labute approximate surface area is 163 Å². The summed E-state index contributed by atoms with van der Waals surface area (Å²) >= 11 is 0. The molecule has 1 heteroatoms. The van der Waals surface area contributed by atoms with Crippen LogP contribution in [-0.4, -0.2) is 12.7 Å². The van der Waals surface area contributed by atoms with Gasteiger partial charge in [-0.25, -0.2) is 0 Å². The van der Waals surface area contributed by atoms with Gasteiger partial charge >= 0.3 is 0 Å². The highest BCUT2D eigenvalue weighted by Gasteiger charge is 2.30. The summed E-state index contributed by atoms with van der Waals surface area (Å²) in [6.07, 6.45) is 20.1. The highest BCUT2D eigenvalue weighted by Crippen LogP contribution is 2.42. The predicted octanol–water partition coefficient (Wildman–Crippen LogP) is 7.00. The molecule has 0 aromatic heterocycles. The molecule has 0 aromatic rings. The van der Waals surface area contributed by atoms with Crippen molar-refractivity contribution < 1.29 is 4.74 Å². The van der Waals surface area contributed by atoms with Gasteiger partial charge in [-0.1, -0.05) is 44.4 Å². The SMILES string of the molecule is CCCC1CCC(C2CCC(C#CC3CCC(OCC)CC3)CC2)CC1. The van der Waals surface area contributed by atoms with Crippen LogP contribution in [0.2, 0.25) is 0 Å². The largest absolute Gasteiger partial charge is 0.379 e. The van der Waals surface area contributed by atoms with E-state index in [2.05, 4.69) is 25.7 Å². The predicted molar refractivity (Wildman–Crippen MR) is 111 cm³/mol. The van der Waals surface area contributed by atoms with Crippen molar-refractivity contribution in [3.8, 4) is 11.8 Å². The Kier molecular flexibility index (Phi) is 8.38. The Morgan fingerprint density at radius 2 is 1.15 bits per heavy atom. The van der Waals surface area contributed by atoms with Gasteiger partial charge in [-0.3, -0.25) is 0 Å². The molecule has 0 heterocycles. The molecule has 0 bridgehead atoms. The molecule has 148 valence electrons. The van der Waals surface area contributed by atoms with E-state index in [0.717, 1.165) is 24.4 Å². The molecule has 0 N–H and O–H groups in total. The quantitative estimate of drug-likeness (QED) is 0.481. The van der Waals surface area contributed by atoms with Crippen LogP contribution in [0, 0.1) is 41.4 Å². The van der Waals surface area contributed by atoms with Gasteiger partial charge in [0.05, 0.1) is 6.10 Å². The number of ether oxygens (including phenoxy) is 1. The van der Waals surface area contributed by atoms with Crippen LogP contribution in [0.25, 0.3) is 0 Å². The van der Waals surface area contributed by atoms with E-state index in [1.807, 2.05) is 0 Å². The Morgan fingerprint density at radius 3 is 1.65 bits per heavy atom. The van der Waals surface area contributed by atoms with Crippen LogP contribution in [0.15, 0.2) is 0 Å². The maximum Gasteiger partial charge on any atom is 0.0575 e. The summed E-state index contributed by atoms with van der Waals surface area (Å²) in [6, 6.07) is 0. The van der Waals surface area contributed by atoms with Crippen molar-refractivity contribution in [3.05, 3.63) is 0 Å². The van der Waals surface area contributed by atoms with E-state index >= 15 is 0 Å². The lowest BCUT2D eigenvalue weighted by atomic mass is 9.69. The van der Waals surface area contributed by atoms with Gasteiger partial charge in [0.25, 0.3) is 0 Å². The normalized spacial score (nSPS) is 38.4. The molecule has 3 rings (SSSR count). The monoisotopic (exact) mass is 358 g/mol. The van der Waals surface area contributed by atoms with E-state index in [4.69, 9.17) is 4.74 Å². The Morgan fingerprint density at radius 1 is 0.654 bits per heavy atom. The summed E-state index contributed by atoms with van der Waals surface area (Å²) in [4.78, 5) is 0. The van der Waals surface area contributed by atoms with E-state index in [9.17, 15) is 0 Å². The molecule has 3 aliphatic carbocycles. The topological polar surface area (TPSA) is 9.23 Å². The molecule has 0 radical (unpaired) electrons. The fourth-order valence-electron chi connectivity index (χ4n) is 5.94. The molecule has 0 unspecified atom stereocenters. The average Bonchev–Trinajstić information content (AvgIpc) is 2.69. The van der Waals surface area contributed by atoms with Crippen molar-refractivity contribution in [2.24, 2.45) is 29.6 Å². The van der Waals surface area contributed by atoms with Gasteiger partial charge in [-0.2, -0.15) is 0 Å². The fraction of sp³-hybridized carbons (Fsp3) is 0.920. The first kappa shape index (κ1) is 20.3. The third kappa shape index (κ3) is 6.02. The van der Waals surface area contributed by atoms with Crippen LogP contribution in [0.3, 0.4) is 0 Å². The lowest BCUT2D eigenvalue weighted by molar-refractivity contribution is 0.0310. The van der Waals surface area contributed by atoms with Crippen LogP contribution in [0.5, 0.6) is 0 Å². The van der Waals surface area contributed by atoms with E-state index < -0.39 is 0 Å².